The zero-order valence-electron chi connectivity index (χ0n) is 16.5. The number of hydrazone groups is 1. The van der Waals surface area contributed by atoms with E-state index in [-0.39, 0.29) is 23.8 Å². The molecule has 1 aliphatic carbocycles. The Kier molecular flexibility index (Phi) is 4.82. The minimum absolute atomic E-state index is 0.0402. The second kappa shape index (κ2) is 7.29. The Morgan fingerprint density at radius 2 is 2.25 bits per heavy atom. The molecule has 1 amide bonds. The molecule has 1 saturated carbocycles. The number of anilines is 1. The highest BCUT2D eigenvalue weighted by Crippen LogP contribution is 2.39. The van der Waals surface area contributed by atoms with Crippen LogP contribution in [0.4, 0.5) is 10.6 Å². The van der Waals surface area contributed by atoms with Crippen molar-refractivity contribution in [3.8, 4) is 0 Å². The second-order valence-corrected chi connectivity index (χ2v) is 8.16. The van der Waals surface area contributed by atoms with Crippen molar-refractivity contribution in [2.24, 2.45) is 11.0 Å². The minimum Gasteiger partial charge on any atom is -0.446 e. The van der Waals surface area contributed by atoms with Gasteiger partial charge in [0.05, 0.1) is 11.7 Å². The first kappa shape index (κ1) is 18.5. The molecule has 0 bridgehead atoms. The lowest BCUT2D eigenvalue weighted by Crippen LogP contribution is -2.43. The van der Waals surface area contributed by atoms with Crippen LogP contribution in [0.15, 0.2) is 29.8 Å². The van der Waals surface area contributed by atoms with E-state index in [4.69, 9.17) is 4.74 Å². The first-order chi connectivity index (χ1) is 13.4. The highest BCUT2D eigenvalue weighted by Gasteiger charge is 2.44. The lowest BCUT2D eigenvalue weighted by Gasteiger charge is -2.30. The summed E-state index contributed by atoms with van der Waals surface area (Å²) in [6.07, 6.45) is 8.39. The second-order valence-electron chi connectivity index (χ2n) is 8.16. The van der Waals surface area contributed by atoms with Crippen LogP contribution in [0.5, 0.6) is 0 Å². The first-order valence-corrected chi connectivity index (χ1v) is 9.79. The van der Waals surface area contributed by atoms with Gasteiger partial charge in [0.15, 0.2) is 5.82 Å². The van der Waals surface area contributed by atoms with Gasteiger partial charge in [-0.2, -0.15) is 10.2 Å². The van der Waals surface area contributed by atoms with E-state index < -0.39 is 0 Å². The lowest BCUT2D eigenvalue weighted by molar-refractivity contribution is 0.0929. The number of aromatic nitrogens is 3. The van der Waals surface area contributed by atoms with Gasteiger partial charge in [-0.1, -0.05) is 0 Å². The van der Waals surface area contributed by atoms with Crippen molar-refractivity contribution in [1.82, 2.24) is 25.3 Å². The average molecular weight is 385 g/mol. The average Bonchev–Trinajstić information content (AvgIpc) is 3.35. The summed E-state index contributed by atoms with van der Waals surface area (Å²) in [4.78, 5) is 16.3. The van der Waals surface area contributed by atoms with Crippen LogP contribution in [0.2, 0.25) is 0 Å². The third-order valence-corrected chi connectivity index (χ3v) is 5.53. The molecular formula is C19H27N7O2. The molecule has 3 atom stereocenters. The van der Waals surface area contributed by atoms with Crippen molar-refractivity contribution in [3.05, 3.63) is 24.7 Å². The van der Waals surface area contributed by atoms with Crippen molar-refractivity contribution < 1.29 is 9.53 Å². The molecule has 4 rings (SSSR count). The van der Waals surface area contributed by atoms with Crippen LogP contribution in [0.3, 0.4) is 0 Å². The quantitative estimate of drug-likeness (QED) is 0.747. The normalized spacial score (nSPS) is 26.9. The van der Waals surface area contributed by atoms with Crippen molar-refractivity contribution in [2.45, 2.75) is 64.1 Å². The van der Waals surface area contributed by atoms with Gasteiger partial charge in [-0.05, 0) is 52.0 Å². The number of amides is 1. The molecule has 2 aliphatic rings. The number of ether oxygens (including phenoxy) is 1. The van der Waals surface area contributed by atoms with Gasteiger partial charge in [0.25, 0.3) is 0 Å². The molecule has 9 nitrogen and oxygen atoms in total. The largest absolute Gasteiger partial charge is 0.446 e. The van der Waals surface area contributed by atoms with Gasteiger partial charge in [0, 0.05) is 24.9 Å². The molecule has 0 aromatic carbocycles. The number of carbonyl (C=O) groups is 1. The lowest BCUT2D eigenvalue weighted by atomic mass is 9.82. The van der Waals surface area contributed by atoms with Gasteiger partial charge >= 0.3 is 6.09 Å². The number of carbonyl (C=O) groups excluding carboxylic acids is 1. The first-order valence-electron chi connectivity index (χ1n) is 9.79. The fourth-order valence-corrected chi connectivity index (χ4v) is 4.07. The Bertz CT molecular complexity index is 893. The van der Waals surface area contributed by atoms with Gasteiger partial charge in [0.1, 0.15) is 17.5 Å². The fraction of sp³-hybridized carbons (Fsp3) is 0.579. The summed E-state index contributed by atoms with van der Waals surface area (Å²) in [5, 5.41) is 14.9. The van der Waals surface area contributed by atoms with Crippen molar-refractivity contribution in [1.29, 1.82) is 0 Å². The van der Waals surface area contributed by atoms with Gasteiger partial charge < -0.3 is 20.8 Å². The Labute approximate surface area is 163 Å². The zero-order chi connectivity index (χ0) is 19.7. The molecular weight excluding hydrogens is 358 g/mol. The fourth-order valence-electron chi connectivity index (χ4n) is 4.07. The molecule has 1 aliphatic heterocycles. The number of amidine groups is 1. The SMILES string of the molecule is CC(C)NC(=O)O[C@@H]1CC[C@H](C2(C)CC(Nc3nccn4nccc34)=NN2)C1. The molecule has 3 heterocycles. The van der Waals surface area contributed by atoms with Crippen LogP contribution < -0.4 is 16.1 Å². The van der Waals surface area contributed by atoms with Crippen LogP contribution in [-0.4, -0.2) is 44.2 Å². The number of nitrogens with zero attached hydrogens (tertiary/aromatic N) is 4. The van der Waals surface area contributed by atoms with Gasteiger partial charge in [-0.15, -0.1) is 0 Å². The predicted octanol–water partition coefficient (Wildman–Crippen LogP) is 2.51. The third kappa shape index (κ3) is 3.74. The molecule has 28 heavy (non-hydrogen) atoms. The smallest absolute Gasteiger partial charge is 0.407 e. The third-order valence-electron chi connectivity index (χ3n) is 5.53. The maximum atomic E-state index is 11.9. The summed E-state index contributed by atoms with van der Waals surface area (Å²) >= 11 is 0. The van der Waals surface area contributed by atoms with Crippen molar-refractivity contribution >= 4 is 23.3 Å². The molecule has 9 heteroatoms. The van der Waals surface area contributed by atoms with Crippen LogP contribution in [0.1, 0.15) is 46.5 Å². The number of hydrogen-bond acceptors (Lipinski definition) is 7. The summed E-state index contributed by atoms with van der Waals surface area (Å²) in [7, 11) is 0. The van der Waals surface area contributed by atoms with Crippen molar-refractivity contribution in [3.63, 3.8) is 0 Å². The monoisotopic (exact) mass is 385 g/mol. The summed E-state index contributed by atoms with van der Waals surface area (Å²) in [5.41, 5.74) is 4.05. The minimum atomic E-state index is -0.330. The molecule has 2 aromatic heterocycles. The highest BCUT2D eigenvalue weighted by atomic mass is 16.6. The van der Waals surface area contributed by atoms with Crippen molar-refractivity contribution in [2.75, 3.05) is 5.32 Å². The molecule has 3 N–H and O–H groups in total. The van der Waals surface area contributed by atoms with Gasteiger partial charge in [-0.3, -0.25) is 0 Å². The molecule has 2 aromatic rings. The maximum absolute atomic E-state index is 11.9. The van der Waals surface area contributed by atoms with Crippen LogP contribution >= 0.6 is 0 Å². The number of nitrogens with one attached hydrogen (secondary N) is 3. The Morgan fingerprint density at radius 1 is 1.39 bits per heavy atom. The summed E-state index contributed by atoms with van der Waals surface area (Å²) in [6.45, 7) is 6.03. The van der Waals surface area contributed by atoms with E-state index in [1.54, 1.807) is 16.9 Å². The Hall–Kier alpha value is -2.84. The molecule has 1 fully saturated rings. The number of rotatable bonds is 4. The summed E-state index contributed by atoms with van der Waals surface area (Å²) in [5.74, 6) is 1.97. The van der Waals surface area contributed by atoms with Gasteiger partial charge in [-0.25, -0.2) is 14.3 Å². The topological polar surface area (TPSA) is 105 Å². The van der Waals surface area contributed by atoms with E-state index in [2.05, 4.69) is 38.2 Å². The summed E-state index contributed by atoms with van der Waals surface area (Å²) < 4.78 is 7.34. The number of fused-ring (bicyclic) bond motifs is 1. The number of hydrogen-bond donors (Lipinski definition) is 3. The van der Waals surface area contributed by atoms with E-state index in [1.807, 2.05) is 26.1 Å². The van der Waals surface area contributed by atoms with E-state index in [0.717, 1.165) is 42.9 Å². The predicted molar refractivity (Wildman–Crippen MR) is 106 cm³/mol. The summed E-state index contributed by atoms with van der Waals surface area (Å²) in [6, 6.07) is 1.99. The van der Waals surface area contributed by atoms with Crippen LogP contribution in [0.25, 0.3) is 5.52 Å². The standard InChI is InChI=1S/C19H27N7O2/c1-12(2)22-18(27)28-14-5-4-13(10-14)19(3)11-16(24-25-19)23-17-15-6-7-21-26(15)9-8-20-17/h6-9,12-14,25H,4-5,10-11H2,1-3H3,(H,22,27)(H,20,23,24)/t13-,14+,19?/m0/s1. The van der Waals surface area contributed by atoms with Crippen LogP contribution in [-0.2, 0) is 4.74 Å². The van der Waals surface area contributed by atoms with Gasteiger partial charge in [0.2, 0.25) is 0 Å². The van der Waals surface area contributed by atoms with E-state index in [9.17, 15) is 4.79 Å². The number of alkyl carbamates (subject to hydrolysis) is 1. The Morgan fingerprint density at radius 3 is 3.07 bits per heavy atom. The zero-order valence-corrected chi connectivity index (χ0v) is 16.5. The Balaban J connectivity index is 1.35. The molecule has 1 unspecified atom stereocenters. The molecule has 0 radical (unpaired) electrons. The van der Waals surface area contributed by atoms with E-state index in [0.29, 0.717) is 5.92 Å². The van der Waals surface area contributed by atoms with E-state index in [1.165, 1.54) is 0 Å². The maximum Gasteiger partial charge on any atom is 0.407 e. The molecule has 0 saturated heterocycles. The van der Waals surface area contributed by atoms with Crippen LogP contribution in [0, 0.1) is 5.92 Å². The van der Waals surface area contributed by atoms with E-state index >= 15 is 0 Å². The molecule has 150 valence electrons. The molecule has 0 spiro atoms. The highest BCUT2D eigenvalue weighted by molar-refractivity contribution is 5.99.